The second kappa shape index (κ2) is 14.6. The monoisotopic (exact) mass is 619 g/mol. The minimum atomic E-state index is -3.93. The van der Waals surface area contributed by atoms with Gasteiger partial charge in [0.15, 0.2) is 0 Å². The maximum Gasteiger partial charge on any atom is 0.244 e. The number of hydrogen-bond acceptors (Lipinski definition) is 5. The molecule has 0 heterocycles. The lowest BCUT2D eigenvalue weighted by atomic mass is 10.0. The van der Waals surface area contributed by atoms with E-state index in [4.69, 9.17) is 27.9 Å². The minimum Gasteiger partial charge on any atom is -0.492 e. The Morgan fingerprint density at radius 1 is 0.927 bits per heavy atom. The Morgan fingerprint density at radius 3 is 2.20 bits per heavy atom. The number of carbonyl (C=O) groups is 2. The van der Waals surface area contributed by atoms with Crippen molar-refractivity contribution in [3.63, 3.8) is 0 Å². The number of para-hydroxylation sites is 2. The molecule has 0 saturated heterocycles. The summed E-state index contributed by atoms with van der Waals surface area (Å²) < 4.78 is 32.7. The molecule has 0 spiro atoms. The molecular formula is C30H35Cl2N3O5S. The van der Waals surface area contributed by atoms with Crippen LogP contribution in [0.2, 0.25) is 10.0 Å². The fourth-order valence-electron chi connectivity index (χ4n) is 4.30. The van der Waals surface area contributed by atoms with E-state index in [1.165, 1.54) is 4.90 Å². The molecule has 3 rings (SSSR count). The fourth-order valence-corrected chi connectivity index (χ4v) is 5.48. The largest absolute Gasteiger partial charge is 0.492 e. The summed E-state index contributed by atoms with van der Waals surface area (Å²) in [4.78, 5) is 29.2. The van der Waals surface area contributed by atoms with E-state index < -0.39 is 28.5 Å². The Bertz CT molecular complexity index is 1450. The molecule has 3 aromatic carbocycles. The molecule has 11 heteroatoms. The molecule has 1 atom stereocenters. The quantitative estimate of drug-likeness (QED) is 0.279. The van der Waals surface area contributed by atoms with Crippen LogP contribution in [0.5, 0.6) is 5.75 Å². The second-order valence-corrected chi connectivity index (χ2v) is 12.5. The van der Waals surface area contributed by atoms with Gasteiger partial charge in [-0.1, -0.05) is 71.7 Å². The van der Waals surface area contributed by atoms with Crippen molar-refractivity contribution in [1.82, 2.24) is 10.2 Å². The van der Waals surface area contributed by atoms with E-state index in [2.05, 4.69) is 5.32 Å². The van der Waals surface area contributed by atoms with Crippen molar-refractivity contribution in [2.24, 2.45) is 0 Å². The number of halogens is 2. The molecule has 0 fully saturated rings. The van der Waals surface area contributed by atoms with Crippen LogP contribution in [0.3, 0.4) is 0 Å². The zero-order chi connectivity index (χ0) is 30.2. The van der Waals surface area contributed by atoms with Crippen LogP contribution in [-0.4, -0.2) is 56.6 Å². The first-order valence-electron chi connectivity index (χ1n) is 13.2. The molecule has 3 aromatic rings. The number of hydrogen-bond donors (Lipinski definition) is 1. The van der Waals surface area contributed by atoms with E-state index in [0.29, 0.717) is 28.0 Å². The normalized spacial score (nSPS) is 12.1. The van der Waals surface area contributed by atoms with Gasteiger partial charge < -0.3 is 15.0 Å². The van der Waals surface area contributed by atoms with E-state index in [9.17, 15) is 18.0 Å². The Labute approximate surface area is 252 Å². The third kappa shape index (κ3) is 9.11. The maximum absolute atomic E-state index is 14.2. The number of amides is 2. The van der Waals surface area contributed by atoms with Crippen LogP contribution >= 0.6 is 23.2 Å². The van der Waals surface area contributed by atoms with Crippen LogP contribution in [0.1, 0.15) is 31.9 Å². The number of anilines is 1. The number of benzene rings is 3. The van der Waals surface area contributed by atoms with Gasteiger partial charge >= 0.3 is 0 Å². The minimum absolute atomic E-state index is 0.0105. The van der Waals surface area contributed by atoms with Crippen molar-refractivity contribution in [1.29, 1.82) is 0 Å². The Balaban J connectivity index is 2.10. The highest BCUT2D eigenvalue weighted by molar-refractivity contribution is 7.92. The summed E-state index contributed by atoms with van der Waals surface area (Å²) in [6, 6.07) is 19.8. The molecule has 0 aliphatic heterocycles. The van der Waals surface area contributed by atoms with Crippen molar-refractivity contribution < 1.29 is 22.7 Å². The highest BCUT2D eigenvalue weighted by Gasteiger charge is 2.34. The fraction of sp³-hybridized carbons (Fsp3) is 0.333. The molecule has 0 radical (unpaired) electrons. The number of carbonyl (C=O) groups excluding carboxylic acids is 2. The lowest BCUT2D eigenvalue weighted by Crippen LogP contribution is -2.54. The first-order valence-corrected chi connectivity index (χ1v) is 15.8. The summed E-state index contributed by atoms with van der Waals surface area (Å²) in [5, 5.41) is 3.56. The highest BCUT2D eigenvalue weighted by atomic mass is 35.5. The second-order valence-electron chi connectivity index (χ2n) is 9.81. The van der Waals surface area contributed by atoms with Crippen molar-refractivity contribution in [3.05, 3.63) is 94.0 Å². The smallest absolute Gasteiger partial charge is 0.244 e. The lowest BCUT2D eigenvalue weighted by molar-refractivity contribution is -0.140. The Kier molecular flexibility index (Phi) is 11.5. The molecule has 220 valence electrons. The van der Waals surface area contributed by atoms with Gasteiger partial charge in [0, 0.05) is 19.0 Å². The number of rotatable bonds is 13. The molecule has 2 amide bonds. The van der Waals surface area contributed by atoms with Gasteiger partial charge in [0.2, 0.25) is 21.8 Å². The van der Waals surface area contributed by atoms with Gasteiger partial charge in [-0.2, -0.15) is 0 Å². The number of ether oxygens (including phenoxy) is 1. The van der Waals surface area contributed by atoms with Crippen molar-refractivity contribution in [2.75, 3.05) is 23.7 Å². The van der Waals surface area contributed by atoms with Crippen molar-refractivity contribution >= 4 is 50.7 Å². The van der Waals surface area contributed by atoms with Gasteiger partial charge in [0.1, 0.15) is 18.3 Å². The molecule has 0 saturated carbocycles. The zero-order valence-corrected chi connectivity index (χ0v) is 25.8. The molecule has 0 aliphatic carbocycles. The van der Waals surface area contributed by atoms with Crippen LogP contribution in [0.15, 0.2) is 72.8 Å². The van der Waals surface area contributed by atoms with E-state index in [-0.39, 0.29) is 30.6 Å². The highest BCUT2D eigenvalue weighted by Crippen LogP contribution is 2.30. The third-order valence-corrected chi connectivity index (χ3v) is 8.02. The van der Waals surface area contributed by atoms with E-state index in [1.807, 2.05) is 44.2 Å². The third-order valence-electron chi connectivity index (χ3n) is 6.15. The summed E-state index contributed by atoms with van der Waals surface area (Å²) in [5.41, 5.74) is 1.69. The summed E-state index contributed by atoms with van der Waals surface area (Å²) in [5.74, 6) is -0.617. The topological polar surface area (TPSA) is 96.0 Å². The predicted octanol–water partition coefficient (Wildman–Crippen LogP) is 5.32. The van der Waals surface area contributed by atoms with Gasteiger partial charge in [-0.15, -0.1) is 0 Å². The molecule has 1 N–H and O–H groups in total. The zero-order valence-electron chi connectivity index (χ0n) is 23.5. The van der Waals surface area contributed by atoms with Gasteiger partial charge in [0.25, 0.3) is 0 Å². The van der Waals surface area contributed by atoms with Crippen LogP contribution in [0.25, 0.3) is 0 Å². The molecule has 8 nitrogen and oxygen atoms in total. The predicted molar refractivity (Wildman–Crippen MR) is 164 cm³/mol. The van der Waals surface area contributed by atoms with E-state index in [0.717, 1.165) is 16.1 Å². The van der Waals surface area contributed by atoms with Crippen LogP contribution in [-0.2, 0) is 32.6 Å². The van der Waals surface area contributed by atoms with Gasteiger partial charge in [-0.05, 0) is 56.2 Å². The summed E-state index contributed by atoms with van der Waals surface area (Å²) >= 11 is 12.4. The molecular weight excluding hydrogens is 585 g/mol. The lowest BCUT2D eigenvalue weighted by Gasteiger charge is -2.34. The van der Waals surface area contributed by atoms with Gasteiger partial charge in [-0.3, -0.25) is 13.9 Å². The average Bonchev–Trinajstić information content (AvgIpc) is 2.91. The standard InChI is InChI=1S/C30H35Cl2N3O5S/c1-5-40-28-14-10-9-13-26(28)35(41(4,38)39)20-29(36)34(19-23-15-16-24(31)25(32)17-23)27(30(37)33-21(2)3)18-22-11-7-6-8-12-22/h6-17,21,27H,5,18-20H2,1-4H3,(H,33,37)/t27-/m0/s1. The molecule has 41 heavy (non-hydrogen) atoms. The molecule has 0 aromatic heterocycles. The van der Waals surface area contributed by atoms with Crippen LogP contribution in [0, 0.1) is 0 Å². The molecule has 0 bridgehead atoms. The first-order chi connectivity index (χ1) is 19.4. The number of nitrogens with zero attached hydrogens (tertiary/aromatic N) is 2. The Morgan fingerprint density at radius 2 is 1.59 bits per heavy atom. The summed E-state index contributed by atoms with van der Waals surface area (Å²) in [6.07, 6.45) is 1.24. The van der Waals surface area contributed by atoms with Gasteiger partial charge in [-0.25, -0.2) is 8.42 Å². The number of sulfonamides is 1. The van der Waals surface area contributed by atoms with E-state index >= 15 is 0 Å². The first kappa shape index (κ1) is 32.2. The summed E-state index contributed by atoms with van der Waals surface area (Å²) in [6.45, 7) is 5.19. The molecule has 0 aliphatic rings. The van der Waals surface area contributed by atoms with Crippen molar-refractivity contribution in [2.45, 2.75) is 45.8 Å². The van der Waals surface area contributed by atoms with Gasteiger partial charge in [0.05, 0.1) is 28.6 Å². The SMILES string of the molecule is CCOc1ccccc1N(CC(=O)N(Cc1ccc(Cl)c(Cl)c1)[C@@H](Cc1ccccc1)C(=O)NC(C)C)S(C)(=O)=O. The van der Waals surface area contributed by atoms with E-state index in [1.54, 1.807) is 49.4 Å². The summed E-state index contributed by atoms with van der Waals surface area (Å²) in [7, 11) is -3.93. The van der Waals surface area contributed by atoms with Crippen LogP contribution in [0.4, 0.5) is 5.69 Å². The van der Waals surface area contributed by atoms with Crippen molar-refractivity contribution in [3.8, 4) is 5.75 Å². The maximum atomic E-state index is 14.2. The molecule has 0 unspecified atom stereocenters. The van der Waals surface area contributed by atoms with Crippen LogP contribution < -0.4 is 14.4 Å². The Hall–Kier alpha value is -3.27. The number of nitrogens with one attached hydrogen (secondary N) is 1. The average molecular weight is 621 g/mol.